The lowest BCUT2D eigenvalue weighted by Gasteiger charge is -2.31. The van der Waals surface area contributed by atoms with Gasteiger partial charge in [-0.05, 0) is 38.0 Å². The SMILES string of the molecule is CCn1ccc(C(=O)N2CCC(c3nccnc3Oc3cccc(F)c3)CC2)n1. The minimum atomic E-state index is -0.370. The first-order chi connectivity index (χ1) is 14.1. The molecule has 1 saturated heterocycles. The number of benzene rings is 1. The van der Waals surface area contributed by atoms with Gasteiger partial charge in [0, 0.05) is 50.2 Å². The summed E-state index contributed by atoms with van der Waals surface area (Å²) in [5.41, 5.74) is 1.21. The number of aryl methyl sites for hydroxylation is 1. The molecule has 0 N–H and O–H groups in total. The Hall–Kier alpha value is -3.29. The number of nitrogens with zero attached hydrogens (tertiary/aromatic N) is 5. The summed E-state index contributed by atoms with van der Waals surface area (Å²) >= 11 is 0. The second-order valence-electron chi connectivity index (χ2n) is 6.93. The van der Waals surface area contributed by atoms with E-state index in [0.29, 0.717) is 30.4 Å². The van der Waals surface area contributed by atoms with E-state index >= 15 is 0 Å². The van der Waals surface area contributed by atoms with Crippen molar-refractivity contribution in [1.82, 2.24) is 24.6 Å². The fraction of sp³-hybridized carbons (Fsp3) is 0.333. The summed E-state index contributed by atoms with van der Waals surface area (Å²) in [5, 5.41) is 4.30. The monoisotopic (exact) mass is 395 g/mol. The number of hydrogen-bond donors (Lipinski definition) is 0. The van der Waals surface area contributed by atoms with Gasteiger partial charge in [0.1, 0.15) is 23.0 Å². The molecule has 0 spiro atoms. The summed E-state index contributed by atoms with van der Waals surface area (Å²) in [5.74, 6) is 0.455. The Morgan fingerprint density at radius 2 is 2.00 bits per heavy atom. The summed E-state index contributed by atoms with van der Waals surface area (Å²) in [6.07, 6.45) is 6.50. The Morgan fingerprint density at radius 1 is 1.21 bits per heavy atom. The molecule has 0 unspecified atom stereocenters. The molecule has 0 aliphatic carbocycles. The summed E-state index contributed by atoms with van der Waals surface area (Å²) in [4.78, 5) is 23.3. The Kier molecular flexibility index (Phi) is 5.50. The van der Waals surface area contributed by atoms with Crippen molar-refractivity contribution >= 4 is 5.91 Å². The zero-order valence-corrected chi connectivity index (χ0v) is 16.2. The van der Waals surface area contributed by atoms with Gasteiger partial charge in [-0.15, -0.1) is 0 Å². The van der Waals surface area contributed by atoms with Crippen LogP contribution in [0.2, 0.25) is 0 Å². The number of carbonyl (C=O) groups is 1. The van der Waals surface area contributed by atoms with Crippen molar-refractivity contribution in [3.05, 3.63) is 66.1 Å². The normalized spacial score (nSPS) is 14.8. The van der Waals surface area contributed by atoms with E-state index < -0.39 is 0 Å². The van der Waals surface area contributed by atoms with Gasteiger partial charge in [-0.3, -0.25) is 14.5 Å². The molecular weight excluding hydrogens is 373 g/mol. The molecule has 1 fully saturated rings. The number of halogens is 1. The van der Waals surface area contributed by atoms with Gasteiger partial charge in [0.05, 0.1) is 0 Å². The van der Waals surface area contributed by atoms with Gasteiger partial charge < -0.3 is 9.64 Å². The van der Waals surface area contributed by atoms with Crippen LogP contribution in [0, 0.1) is 5.82 Å². The van der Waals surface area contributed by atoms with E-state index in [1.165, 1.54) is 12.1 Å². The number of piperidine rings is 1. The molecule has 8 heteroatoms. The maximum Gasteiger partial charge on any atom is 0.274 e. The molecule has 4 rings (SSSR count). The number of carbonyl (C=O) groups excluding carboxylic acids is 1. The highest BCUT2D eigenvalue weighted by molar-refractivity contribution is 5.92. The van der Waals surface area contributed by atoms with E-state index in [0.717, 1.165) is 25.1 Å². The first-order valence-corrected chi connectivity index (χ1v) is 9.71. The van der Waals surface area contributed by atoms with Crippen molar-refractivity contribution in [2.45, 2.75) is 32.2 Å². The van der Waals surface area contributed by atoms with Crippen molar-refractivity contribution in [2.75, 3.05) is 13.1 Å². The number of amides is 1. The van der Waals surface area contributed by atoms with Crippen molar-refractivity contribution < 1.29 is 13.9 Å². The third-order valence-corrected chi connectivity index (χ3v) is 5.05. The molecule has 1 amide bonds. The number of hydrogen-bond acceptors (Lipinski definition) is 5. The molecule has 0 saturated carbocycles. The van der Waals surface area contributed by atoms with Gasteiger partial charge in [0.15, 0.2) is 0 Å². The number of ether oxygens (including phenoxy) is 1. The highest BCUT2D eigenvalue weighted by Gasteiger charge is 2.28. The van der Waals surface area contributed by atoms with Crippen molar-refractivity contribution in [2.24, 2.45) is 0 Å². The van der Waals surface area contributed by atoms with Gasteiger partial charge in [0.25, 0.3) is 5.91 Å². The maximum absolute atomic E-state index is 13.4. The molecule has 0 bridgehead atoms. The van der Waals surface area contributed by atoms with Gasteiger partial charge in [-0.1, -0.05) is 6.07 Å². The first kappa shape index (κ1) is 19.0. The van der Waals surface area contributed by atoms with Crippen LogP contribution in [-0.2, 0) is 6.54 Å². The van der Waals surface area contributed by atoms with Gasteiger partial charge in [-0.25, -0.2) is 9.37 Å². The summed E-state index contributed by atoms with van der Waals surface area (Å²) < 4.78 is 21.0. The molecular formula is C21H22FN5O2. The first-order valence-electron chi connectivity index (χ1n) is 9.71. The molecule has 3 aromatic rings. The number of aromatic nitrogens is 4. The average Bonchev–Trinajstić information content (AvgIpc) is 3.23. The van der Waals surface area contributed by atoms with Crippen LogP contribution in [0.3, 0.4) is 0 Å². The Labute approximate surface area is 168 Å². The largest absolute Gasteiger partial charge is 0.437 e. The highest BCUT2D eigenvalue weighted by atomic mass is 19.1. The van der Waals surface area contributed by atoms with Crippen molar-refractivity contribution in [1.29, 1.82) is 0 Å². The zero-order valence-electron chi connectivity index (χ0n) is 16.2. The van der Waals surface area contributed by atoms with Gasteiger partial charge >= 0.3 is 0 Å². The van der Waals surface area contributed by atoms with Crippen LogP contribution < -0.4 is 4.74 Å². The molecule has 1 aliphatic rings. The van der Waals surface area contributed by atoms with E-state index in [-0.39, 0.29) is 17.6 Å². The van der Waals surface area contributed by atoms with E-state index in [9.17, 15) is 9.18 Å². The summed E-state index contributed by atoms with van der Waals surface area (Å²) in [7, 11) is 0. The quantitative estimate of drug-likeness (QED) is 0.659. The summed E-state index contributed by atoms with van der Waals surface area (Å²) in [6, 6.07) is 7.70. The predicted molar refractivity (Wildman–Crippen MR) is 104 cm³/mol. The molecule has 3 heterocycles. The molecule has 150 valence electrons. The number of rotatable bonds is 5. The highest BCUT2D eigenvalue weighted by Crippen LogP contribution is 2.33. The van der Waals surface area contributed by atoms with Crippen molar-refractivity contribution in [3.63, 3.8) is 0 Å². The fourth-order valence-electron chi connectivity index (χ4n) is 3.51. The molecule has 29 heavy (non-hydrogen) atoms. The third kappa shape index (κ3) is 4.26. The zero-order chi connectivity index (χ0) is 20.2. The van der Waals surface area contributed by atoms with Crippen LogP contribution in [0.1, 0.15) is 41.9 Å². The van der Waals surface area contributed by atoms with Crippen LogP contribution in [0.15, 0.2) is 48.9 Å². The second-order valence-corrected chi connectivity index (χ2v) is 6.93. The molecule has 2 aromatic heterocycles. The minimum absolute atomic E-state index is 0.0500. The Morgan fingerprint density at radius 3 is 2.72 bits per heavy atom. The smallest absolute Gasteiger partial charge is 0.274 e. The lowest BCUT2D eigenvalue weighted by Crippen LogP contribution is -2.38. The molecule has 0 atom stereocenters. The van der Waals surface area contributed by atoms with Crippen LogP contribution in [0.4, 0.5) is 4.39 Å². The molecule has 7 nitrogen and oxygen atoms in total. The lowest BCUT2D eigenvalue weighted by molar-refractivity contribution is 0.0704. The topological polar surface area (TPSA) is 73.1 Å². The Balaban J connectivity index is 1.44. The van der Waals surface area contributed by atoms with Crippen LogP contribution in [0.25, 0.3) is 0 Å². The minimum Gasteiger partial charge on any atom is -0.437 e. The van der Waals surface area contributed by atoms with Crippen LogP contribution in [-0.4, -0.2) is 43.6 Å². The third-order valence-electron chi connectivity index (χ3n) is 5.05. The van der Waals surface area contributed by atoms with E-state index in [1.54, 1.807) is 35.3 Å². The summed E-state index contributed by atoms with van der Waals surface area (Å²) in [6.45, 7) is 3.93. The van der Waals surface area contributed by atoms with Crippen molar-refractivity contribution in [3.8, 4) is 11.6 Å². The number of likely N-dealkylation sites (tertiary alicyclic amines) is 1. The van der Waals surface area contributed by atoms with Crippen LogP contribution >= 0.6 is 0 Å². The maximum atomic E-state index is 13.4. The van der Waals surface area contributed by atoms with E-state index in [2.05, 4.69) is 15.1 Å². The fourth-order valence-corrected chi connectivity index (χ4v) is 3.51. The molecule has 1 aliphatic heterocycles. The lowest BCUT2D eigenvalue weighted by atomic mass is 9.93. The Bertz CT molecular complexity index is 998. The predicted octanol–water partition coefficient (Wildman–Crippen LogP) is 3.64. The molecule has 1 aromatic carbocycles. The molecule has 0 radical (unpaired) electrons. The second kappa shape index (κ2) is 8.38. The van der Waals surface area contributed by atoms with E-state index in [1.807, 2.05) is 18.0 Å². The van der Waals surface area contributed by atoms with Gasteiger partial charge in [0.2, 0.25) is 5.88 Å². The van der Waals surface area contributed by atoms with Gasteiger partial charge in [-0.2, -0.15) is 5.10 Å². The standard InChI is InChI=1S/C21H22FN5O2/c1-2-27-13-8-18(25-27)21(28)26-11-6-15(7-12-26)19-20(24-10-9-23-19)29-17-5-3-4-16(22)14-17/h3-5,8-10,13-15H,2,6-7,11-12H2,1H3. The average molecular weight is 395 g/mol. The van der Waals surface area contributed by atoms with E-state index in [4.69, 9.17) is 4.74 Å². The van der Waals surface area contributed by atoms with Crippen LogP contribution in [0.5, 0.6) is 11.6 Å².